The van der Waals surface area contributed by atoms with Crippen LogP contribution in [0.4, 0.5) is 0 Å². The fraction of sp³-hybridized carbons (Fsp3) is 0.600. The van der Waals surface area contributed by atoms with Gasteiger partial charge in [0.25, 0.3) is 0 Å². The van der Waals surface area contributed by atoms with Crippen molar-refractivity contribution in [2.45, 2.75) is 37.9 Å². The third-order valence-corrected chi connectivity index (χ3v) is 5.47. The van der Waals surface area contributed by atoms with Crippen molar-refractivity contribution in [3.63, 3.8) is 0 Å². The second-order valence-corrected chi connectivity index (χ2v) is 8.06. The quantitative estimate of drug-likeness (QED) is 0.859. The monoisotopic (exact) mass is 353 g/mol. The summed E-state index contributed by atoms with van der Waals surface area (Å²) in [6.45, 7) is 7.36. The third kappa shape index (κ3) is 3.38. The van der Waals surface area contributed by atoms with Crippen molar-refractivity contribution in [2.75, 3.05) is 26.0 Å². The van der Waals surface area contributed by atoms with E-state index in [1.807, 2.05) is 17.8 Å². The van der Waals surface area contributed by atoms with E-state index in [2.05, 4.69) is 27.1 Å². The highest BCUT2D eigenvalue weighted by atomic mass is 32.2. The molecule has 0 bridgehead atoms. The van der Waals surface area contributed by atoms with E-state index in [1.54, 1.807) is 0 Å². The van der Waals surface area contributed by atoms with E-state index < -0.39 is 9.84 Å². The van der Waals surface area contributed by atoms with E-state index in [9.17, 15) is 8.42 Å². The maximum Gasteiger partial charge on any atom is 0.178 e. The summed E-state index contributed by atoms with van der Waals surface area (Å²) in [5.74, 6) is 0. The molecular formula is C15H23N5O3S. The second-order valence-electron chi connectivity index (χ2n) is 6.08. The van der Waals surface area contributed by atoms with Crippen LogP contribution in [0, 0.1) is 6.92 Å². The molecule has 1 aliphatic heterocycles. The standard InChI is InChI=1S/C15H23N5O3S/c1-4-20-9-12(11(2)18-20)8-19-5-6-23-10-13(19)15-14(7-16-17-15)24(3,21)22/h7,9,13H,4-6,8,10H2,1-3H3,(H,16,17). The maximum absolute atomic E-state index is 12.0. The molecular weight excluding hydrogens is 330 g/mol. The number of aryl methyl sites for hydroxylation is 2. The number of hydrogen-bond donors (Lipinski definition) is 1. The number of hydrogen-bond acceptors (Lipinski definition) is 6. The second kappa shape index (κ2) is 6.66. The van der Waals surface area contributed by atoms with Crippen LogP contribution in [-0.2, 0) is 27.7 Å². The number of aromatic nitrogens is 4. The minimum absolute atomic E-state index is 0.171. The highest BCUT2D eigenvalue weighted by Crippen LogP contribution is 2.29. The van der Waals surface area contributed by atoms with Gasteiger partial charge in [0, 0.05) is 37.7 Å². The Morgan fingerprint density at radius 1 is 1.46 bits per heavy atom. The fourth-order valence-electron chi connectivity index (χ4n) is 3.01. The lowest BCUT2D eigenvalue weighted by Gasteiger charge is -2.35. The summed E-state index contributed by atoms with van der Waals surface area (Å²) in [5.41, 5.74) is 2.73. The van der Waals surface area contributed by atoms with Gasteiger partial charge < -0.3 is 4.74 Å². The molecule has 0 amide bonds. The molecule has 0 aromatic carbocycles. The van der Waals surface area contributed by atoms with Gasteiger partial charge in [0.2, 0.25) is 0 Å². The summed E-state index contributed by atoms with van der Waals surface area (Å²) in [7, 11) is -3.34. The Labute approximate surface area is 141 Å². The van der Waals surface area contributed by atoms with Crippen LogP contribution in [0.15, 0.2) is 17.3 Å². The SMILES string of the molecule is CCn1cc(CN2CCOCC2c2[nH]ncc2S(C)(=O)=O)c(C)n1. The molecule has 0 radical (unpaired) electrons. The first-order valence-corrected chi connectivity index (χ1v) is 9.87. The summed E-state index contributed by atoms with van der Waals surface area (Å²) < 4.78 is 31.5. The summed E-state index contributed by atoms with van der Waals surface area (Å²) in [6.07, 6.45) is 4.62. The van der Waals surface area contributed by atoms with Crippen LogP contribution in [0.1, 0.15) is 29.9 Å². The Bertz CT molecular complexity index is 811. The Balaban J connectivity index is 1.89. The lowest BCUT2D eigenvalue weighted by Crippen LogP contribution is -2.39. The molecule has 1 N–H and O–H groups in total. The number of sulfone groups is 1. The molecule has 0 spiro atoms. The minimum Gasteiger partial charge on any atom is -0.378 e. The van der Waals surface area contributed by atoms with Crippen LogP contribution in [0.2, 0.25) is 0 Å². The van der Waals surface area contributed by atoms with E-state index in [-0.39, 0.29) is 10.9 Å². The van der Waals surface area contributed by atoms with Crippen molar-refractivity contribution in [3.8, 4) is 0 Å². The number of morpholine rings is 1. The lowest BCUT2D eigenvalue weighted by atomic mass is 10.1. The Morgan fingerprint density at radius 3 is 2.92 bits per heavy atom. The molecule has 1 unspecified atom stereocenters. The van der Waals surface area contributed by atoms with Crippen molar-refractivity contribution >= 4 is 9.84 Å². The Morgan fingerprint density at radius 2 is 2.25 bits per heavy atom. The summed E-state index contributed by atoms with van der Waals surface area (Å²) in [6, 6.07) is -0.171. The predicted octanol–water partition coefficient (Wildman–Crippen LogP) is 0.912. The normalized spacial score (nSPS) is 19.7. The molecule has 3 heterocycles. The van der Waals surface area contributed by atoms with Crippen LogP contribution in [0.5, 0.6) is 0 Å². The molecule has 3 rings (SSSR count). The van der Waals surface area contributed by atoms with Crippen molar-refractivity contribution < 1.29 is 13.2 Å². The fourth-order valence-corrected chi connectivity index (χ4v) is 3.83. The van der Waals surface area contributed by atoms with Gasteiger partial charge in [-0.15, -0.1) is 0 Å². The smallest absolute Gasteiger partial charge is 0.178 e. The third-order valence-electron chi connectivity index (χ3n) is 4.35. The minimum atomic E-state index is -3.34. The van der Waals surface area contributed by atoms with Gasteiger partial charge in [-0.2, -0.15) is 10.2 Å². The van der Waals surface area contributed by atoms with Gasteiger partial charge in [0.05, 0.1) is 36.8 Å². The molecule has 1 aliphatic rings. The molecule has 1 fully saturated rings. The van der Waals surface area contributed by atoms with Crippen molar-refractivity contribution in [2.24, 2.45) is 0 Å². The highest BCUT2D eigenvalue weighted by Gasteiger charge is 2.31. The van der Waals surface area contributed by atoms with E-state index in [1.165, 1.54) is 12.5 Å². The first-order valence-electron chi connectivity index (χ1n) is 7.98. The summed E-state index contributed by atoms with van der Waals surface area (Å²) in [4.78, 5) is 2.46. The number of rotatable bonds is 5. The lowest BCUT2D eigenvalue weighted by molar-refractivity contribution is -0.0153. The van der Waals surface area contributed by atoms with E-state index in [0.717, 1.165) is 24.3 Å². The first kappa shape index (κ1) is 17.1. The Kier molecular flexibility index (Phi) is 4.75. The van der Waals surface area contributed by atoms with Crippen LogP contribution >= 0.6 is 0 Å². The molecule has 1 atom stereocenters. The maximum atomic E-state index is 12.0. The molecule has 8 nitrogen and oxygen atoms in total. The number of ether oxygens (including phenoxy) is 1. The van der Waals surface area contributed by atoms with Gasteiger partial charge in [0.1, 0.15) is 4.90 Å². The van der Waals surface area contributed by atoms with Crippen LogP contribution in [0.3, 0.4) is 0 Å². The molecule has 2 aromatic rings. The molecule has 0 saturated carbocycles. The molecule has 0 aliphatic carbocycles. The number of nitrogens with one attached hydrogen (secondary N) is 1. The molecule has 132 valence electrons. The van der Waals surface area contributed by atoms with E-state index >= 15 is 0 Å². The highest BCUT2D eigenvalue weighted by molar-refractivity contribution is 7.90. The first-order chi connectivity index (χ1) is 11.4. The zero-order valence-electron chi connectivity index (χ0n) is 14.2. The van der Waals surface area contributed by atoms with Gasteiger partial charge >= 0.3 is 0 Å². The summed E-state index contributed by atoms with van der Waals surface area (Å²) >= 11 is 0. The predicted molar refractivity (Wildman–Crippen MR) is 88.3 cm³/mol. The van der Waals surface area contributed by atoms with Gasteiger partial charge in [-0.3, -0.25) is 14.7 Å². The Hall–Kier alpha value is -1.71. The van der Waals surface area contributed by atoms with Crippen molar-refractivity contribution in [1.82, 2.24) is 24.9 Å². The molecule has 9 heteroatoms. The molecule has 1 saturated heterocycles. The largest absolute Gasteiger partial charge is 0.378 e. The van der Waals surface area contributed by atoms with Gasteiger partial charge in [-0.25, -0.2) is 8.42 Å². The van der Waals surface area contributed by atoms with Crippen LogP contribution < -0.4 is 0 Å². The number of nitrogens with zero attached hydrogens (tertiary/aromatic N) is 4. The van der Waals surface area contributed by atoms with Gasteiger partial charge in [0.15, 0.2) is 9.84 Å². The average Bonchev–Trinajstić information content (AvgIpc) is 3.15. The number of aromatic amines is 1. The van der Waals surface area contributed by atoms with Gasteiger partial charge in [-0.1, -0.05) is 0 Å². The van der Waals surface area contributed by atoms with Gasteiger partial charge in [-0.05, 0) is 13.8 Å². The van der Waals surface area contributed by atoms with Crippen LogP contribution in [-0.4, -0.2) is 59.3 Å². The van der Waals surface area contributed by atoms with Crippen molar-refractivity contribution in [3.05, 3.63) is 29.3 Å². The van der Waals surface area contributed by atoms with E-state index in [4.69, 9.17) is 4.74 Å². The average molecular weight is 353 g/mol. The topological polar surface area (TPSA) is 93.1 Å². The zero-order chi connectivity index (χ0) is 17.3. The summed E-state index contributed by atoms with van der Waals surface area (Å²) in [5, 5.41) is 11.3. The van der Waals surface area contributed by atoms with E-state index in [0.29, 0.717) is 25.5 Å². The van der Waals surface area contributed by atoms with Crippen molar-refractivity contribution in [1.29, 1.82) is 0 Å². The molecule has 2 aromatic heterocycles. The zero-order valence-corrected chi connectivity index (χ0v) is 15.0. The molecule has 24 heavy (non-hydrogen) atoms. The number of H-pyrrole nitrogens is 1. The van der Waals surface area contributed by atoms with Crippen LogP contribution in [0.25, 0.3) is 0 Å².